The van der Waals surface area contributed by atoms with E-state index >= 15 is 0 Å². The first-order valence-electron chi connectivity index (χ1n) is 33.1. The molecule has 554 valence electrons. The molecule has 12 atom stereocenters. The van der Waals surface area contributed by atoms with Gasteiger partial charge in [-0.05, 0) is 107 Å². The van der Waals surface area contributed by atoms with Gasteiger partial charge in [0, 0.05) is 44.4 Å². The Morgan fingerprint density at radius 1 is 0.510 bits per heavy atom. The Hall–Kier alpha value is -11.3. The minimum atomic E-state index is -1.94. The number of nitrogens with two attached hydrogens (primary N) is 3. The normalized spacial score (nSPS) is 18.3. The fourth-order valence-corrected chi connectivity index (χ4v) is 11.9. The zero-order valence-corrected chi connectivity index (χ0v) is 56.6. The largest absolute Gasteiger partial charge is 0.508 e. The fraction of sp³-hybridized carbons (Fsp3) is 0.523. The van der Waals surface area contributed by atoms with Crippen LogP contribution >= 0.6 is 0 Å². The van der Waals surface area contributed by atoms with Crippen LogP contribution < -0.4 is 65.1 Å². The SMILES string of the molecule is CC(C)C[C@H](NC(=O)[C@@H](N)Cc1ccc(O)cc1)C(=O)N[C@@H](CC(N)=O)C(=O)N1CCC[C@H]1C(=O)N1CCC[C@H]1C(=O)N1CCC[C@H]1C(=O)N[C@@H](Cc1ccc(O)cc1)C(=O)N[C@@H](C)C(=O)N[C@@H](CC(=O)O)C(=O)N[C@@H](Cc1cnc[nH]1)C(=O)NCC(=O)N[C@@H](C)C(=O)N[C@@H](CC(N)=O)C(=O)O. The van der Waals surface area contributed by atoms with Crippen molar-refractivity contribution in [2.45, 2.75) is 184 Å². The molecule has 102 heavy (non-hydrogen) atoms. The first-order valence-corrected chi connectivity index (χ1v) is 33.1. The molecule has 4 heterocycles. The molecule has 6 rings (SSSR count). The number of aromatic amines is 1. The number of hydrogen-bond acceptors (Lipinski definition) is 20. The van der Waals surface area contributed by atoms with Gasteiger partial charge in [-0.15, -0.1) is 0 Å². The van der Waals surface area contributed by atoms with E-state index in [1.54, 1.807) is 26.0 Å². The zero-order valence-electron chi connectivity index (χ0n) is 56.6. The molecule has 0 radical (unpaired) electrons. The van der Waals surface area contributed by atoms with Gasteiger partial charge in [-0.1, -0.05) is 38.1 Å². The number of nitrogens with zero attached hydrogens (tertiary/aromatic N) is 4. The van der Waals surface area contributed by atoms with E-state index in [4.69, 9.17) is 17.2 Å². The molecular formula is C65H89N17O20. The molecular weight excluding hydrogens is 1340 g/mol. The molecule has 37 nitrogen and oxygen atoms in total. The Morgan fingerprint density at radius 2 is 0.971 bits per heavy atom. The minimum absolute atomic E-state index is 0.0107. The summed E-state index contributed by atoms with van der Waals surface area (Å²) in [6, 6.07) is -5.61. The Morgan fingerprint density at radius 3 is 1.51 bits per heavy atom. The summed E-state index contributed by atoms with van der Waals surface area (Å²) in [7, 11) is 0. The first-order chi connectivity index (χ1) is 48.2. The number of carboxylic acids is 2. The second-order valence-corrected chi connectivity index (χ2v) is 25.7. The molecule has 0 bridgehead atoms. The number of benzene rings is 2. The molecule has 37 heteroatoms. The van der Waals surface area contributed by atoms with Crippen molar-refractivity contribution in [3.63, 3.8) is 0 Å². The van der Waals surface area contributed by atoms with E-state index < -0.39 is 193 Å². The van der Waals surface area contributed by atoms with Crippen LogP contribution in [0.3, 0.4) is 0 Å². The van der Waals surface area contributed by atoms with Crippen LogP contribution in [0.15, 0.2) is 61.1 Å². The summed E-state index contributed by atoms with van der Waals surface area (Å²) >= 11 is 0. The monoisotopic (exact) mass is 1430 g/mol. The number of phenols is 2. The van der Waals surface area contributed by atoms with Crippen LogP contribution in [0.2, 0.25) is 0 Å². The van der Waals surface area contributed by atoms with Crippen LogP contribution in [0.1, 0.15) is 109 Å². The van der Waals surface area contributed by atoms with Crippen LogP contribution in [0.5, 0.6) is 11.5 Å². The summed E-state index contributed by atoms with van der Waals surface area (Å²) in [5.74, 6) is -16.2. The van der Waals surface area contributed by atoms with Gasteiger partial charge >= 0.3 is 11.9 Å². The molecule has 14 amide bonds. The average molecular weight is 1430 g/mol. The summed E-state index contributed by atoms with van der Waals surface area (Å²) in [5, 5.41) is 60.4. The number of aromatic hydroxyl groups is 2. The number of carboxylic acid groups (broad SMARTS) is 2. The highest BCUT2D eigenvalue weighted by Crippen LogP contribution is 2.30. The van der Waals surface area contributed by atoms with E-state index in [1.165, 1.54) is 77.5 Å². The summed E-state index contributed by atoms with van der Waals surface area (Å²) < 4.78 is 0. The third-order valence-electron chi connectivity index (χ3n) is 17.2. The second kappa shape index (κ2) is 37.2. The molecule has 3 saturated heterocycles. The predicted octanol–water partition coefficient (Wildman–Crippen LogP) is -5.46. The van der Waals surface area contributed by atoms with Gasteiger partial charge in [-0.2, -0.15) is 0 Å². The van der Waals surface area contributed by atoms with Crippen LogP contribution in [-0.4, -0.2) is 238 Å². The van der Waals surface area contributed by atoms with E-state index in [1.807, 2.05) is 5.32 Å². The van der Waals surface area contributed by atoms with Crippen molar-refractivity contribution >= 4 is 94.6 Å². The minimum Gasteiger partial charge on any atom is -0.508 e. The number of carbonyl (C=O) groups excluding carboxylic acids is 14. The number of aromatic nitrogens is 2. The molecule has 0 unspecified atom stereocenters. The summed E-state index contributed by atoms with van der Waals surface area (Å²) in [6.07, 6.45) is 0.927. The maximum Gasteiger partial charge on any atom is 0.326 e. The van der Waals surface area contributed by atoms with Gasteiger partial charge in [0.15, 0.2) is 0 Å². The van der Waals surface area contributed by atoms with Gasteiger partial charge in [-0.25, -0.2) is 9.78 Å². The Kier molecular flexibility index (Phi) is 29.1. The van der Waals surface area contributed by atoms with Gasteiger partial charge in [0.25, 0.3) is 0 Å². The number of H-pyrrole nitrogens is 1. The summed E-state index contributed by atoms with van der Waals surface area (Å²) in [5.41, 5.74) is 18.2. The number of primary amides is 2. The molecule has 2 aromatic carbocycles. The van der Waals surface area contributed by atoms with Crippen molar-refractivity contribution in [2.75, 3.05) is 26.2 Å². The smallest absolute Gasteiger partial charge is 0.326 e. The third kappa shape index (κ3) is 23.4. The summed E-state index contributed by atoms with van der Waals surface area (Å²) in [4.78, 5) is 225. The van der Waals surface area contributed by atoms with E-state index in [-0.39, 0.29) is 87.7 Å². The Bertz CT molecular complexity index is 3580. The van der Waals surface area contributed by atoms with E-state index in [0.717, 1.165) is 0 Å². The maximum absolute atomic E-state index is 14.8. The molecule has 1 aromatic heterocycles. The van der Waals surface area contributed by atoms with Gasteiger partial charge in [0.2, 0.25) is 82.7 Å². The molecule has 3 fully saturated rings. The predicted molar refractivity (Wildman–Crippen MR) is 355 cm³/mol. The van der Waals surface area contributed by atoms with Crippen LogP contribution in [0.4, 0.5) is 0 Å². The summed E-state index contributed by atoms with van der Waals surface area (Å²) in [6.45, 7) is 5.26. The molecule has 3 aromatic rings. The number of aliphatic carboxylic acids is 2. The van der Waals surface area contributed by atoms with Crippen LogP contribution in [0, 0.1) is 5.92 Å². The van der Waals surface area contributed by atoms with Gasteiger partial charge in [-0.3, -0.25) is 71.9 Å². The van der Waals surface area contributed by atoms with E-state index in [2.05, 4.69) is 52.5 Å². The number of nitrogens with one attached hydrogen (secondary N) is 10. The molecule has 20 N–H and O–H groups in total. The molecule has 3 aliphatic heterocycles. The lowest BCUT2D eigenvalue weighted by Crippen LogP contribution is -2.60. The Balaban J connectivity index is 1.10. The standard InChI is InChI=1S/C65H89N17O20/c1-32(2)22-41(75-56(92)40(66)23-35-11-15-38(83)16-12-35)59(95)78-45(26-50(67)85)62(98)81-20-6-9-48(81)64(100)82-21-7-10-49(82)63(99)80-19-5-8-47(80)61(97)77-42(24-36-13-17-39(84)18-14-36)58(94)73-34(4)55(91)74-44(28-53(88)89)60(96)76-43(25-37-29-69-31-71-37)57(93)70-30-52(87)72-33(3)54(90)79-46(65(101)102)27-51(68)86/h11-18,29,31-34,40-49,83-84H,5-10,19-28,30,66H2,1-4H3,(H2,67,85)(H2,68,86)(H,69,71)(H,70,93)(H,72,87)(H,73,94)(H,74,91)(H,75,92)(H,76,96)(H,77,97)(H,78,95)(H,79,90)(H,88,89)(H,101,102)/t33-,34-,40-,41-,42-,43-,44-,45-,46-,47-,48-,49-/m0/s1. The second-order valence-electron chi connectivity index (χ2n) is 25.7. The number of carbonyl (C=O) groups is 16. The topological polar surface area (TPSA) is 579 Å². The number of phenolic OH excluding ortho intramolecular Hbond substituents is 2. The van der Waals surface area contributed by atoms with Crippen molar-refractivity contribution in [3.8, 4) is 11.5 Å². The van der Waals surface area contributed by atoms with Crippen molar-refractivity contribution in [1.29, 1.82) is 0 Å². The lowest BCUT2D eigenvalue weighted by atomic mass is 10.0. The van der Waals surface area contributed by atoms with Gasteiger partial charge in [0.1, 0.15) is 78.0 Å². The Labute approximate surface area is 584 Å². The molecule has 3 aliphatic rings. The van der Waals surface area contributed by atoms with Gasteiger partial charge in [0.05, 0.1) is 38.2 Å². The van der Waals surface area contributed by atoms with E-state index in [9.17, 15) is 97.1 Å². The maximum atomic E-state index is 14.8. The molecule has 0 saturated carbocycles. The lowest BCUT2D eigenvalue weighted by Gasteiger charge is -2.35. The van der Waals surface area contributed by atoms with Gasteiger partial charge < -0.3 is 105 Å². The average Bonchev–Trinajstić information content (AvgIpc) is 1.62. The van der Waals surface area contributed by atoms with Crippen molar-refractivity contribution in [3.05, 3.63) is 77.9 Å². The third-order valence-corrected chi connectivity index (χ3v) is 17.2. The highest BCUT2D eigenvalue weighted by molar-refractivity contribution is 6.01. The van der Waals surface area contributed by atoms with E-state index in [0.29, 0.717) is 30.4 Å². The van der Waals surface area contributed by atoms with Crippen LogP contribution in [0.25, 0.3) is 0 Å². The highest BCUT2D eigenvalue weighted by Gasteiger charge is 2.47. The number of likely N-dealkylation sites (tertiary alicyclic amines) is 3. The number of amides is 14. The number of rotatable bonds is 36. The fourth-order valence-electron chi connectivity index (χ4n) is 11.9. The van der Waals surface area contributed by atoms with Crippen molar-refractivity contribution in [1.82, 2.24) is 72.5 Å². The first kappa shape index (κ1) is 79.7. The quantitative estimate of drug-likeness (QED) is 0.0258. The number of imidazole rings is 1. The van der Waals surface area contributed by atoms with Crippen molar-refractivity contribution in [2.24, 2.45) is 23.1 Å². The van der Waals surface area contributed by atoms with Crippen molar-refractivity contribution < 1.29 is 97.1 Å². The zero-order chi connectivity index (χ0) is 75.2. The van der Waals surface area contributed by atoms with Crippen LogP contribution in [-0.2, 0) is 96.0 Å². The molecule has 0 aliphatic carbocycles. The lowest BCUT2D eigenvalue weighted by molar-refractivity contribution is -0.151. The molecule has 0 spiro atoms. The highest BCUT2D eigenvalue weighted by atomic mass is 16.4. The number of hydrogen-bond donors (Lipinski definition) is 17.